The van der Waals surface area contributed by atoms with Crippen LogP contribution in [-0.2, 0) is 4.79 Å². The van der Waals surface area contributed by atoms with Gasteiger partial charge in [-0.2, -0.15) is 18.4 Å². The molecule has 0 aliphatic carbocycles. The van der Waals surface area contributed by atoms with Crippen molar-refractivity contribution in [3.63, 3.8) is 0 Å². The number of benzene rings is 3. The van der Waals surface area contributed by atoms with E-state index in [1.807, 2.05) is 36.6 Å². The molecule has 1 unspecified atom stereocenters. The van der Waals surface area contributed by atoms with E-state index in [2.05, 4.69) is 10.3 Å². The number of carbonyl (C=O) groups is 1. The standard InChI is InChI=1S/C27H19F4N3OS/c1-36-24-8-3-2-7-20(24)17-9-10-22(21(28)12-17)34-26(35)19-13-23(33-25(14-19)27(29,30)31)18-6-4-5-16(11-18)15-32/h2-12,14,23H,13H2,1H3,(H,34,35). The SMILES string of the molecule is CSc1ccccc1-c1ccc(NC(=O)C2=CC(C(F)(F)F)=NC(c3cccc(C#N)c3)C2)c(F)c1. The Bertz CT molecular complexity index is 1420. The van der Waals surface area contributed by atoms with E-state index in [1.54, 1.807) is 18.2 Å². The smallest absolute Gasteiger partial charge is 0.320 e. The lowest BCUT2D eigenvalue weighted by Crippen LogP contribution is -2.28. The van der Waals surface area contributed by atoms with Crippen LogP contribution in [0, 0.1) is 17.1 Å². The average Bonchev–Trinajstić information content (AvgIpc) is 2.89. The van der Waals surface area contributed by atoms with Crippen molar-refractivity contribution in [1.29, 1.82) is 5.26 Å². The number of carbonyl (C=O) groups excluding carboxylic acids is 1. The van der Waals surface area contributed by atoms with Gasteiger partial charge in [0, 0.05) is 16.9 Å². The van der Waals surface area contributed by atoms with Crippen LogP contribution >= 0.6 is 11.8 Å². The van der Waals surface area contributed by atoms with Crippen molar-refractivity contribution < 1.29 is 22.4 Å². The van der Waals surface area contributed by atoms with Gasteiger partial charge >= 0.3 is 6.18 Å². The Morgan fingerprint density at radius 2 is 1.89 bits per heavy atom. The summed E-state index contributed by atoms with van der Waals surface area (Å²) < 4.78 is 55.6. The highest BCUT2D eigenvalue weighted by atomic mass is 32.2. The zero-order chi connectivity index (χ0) is 25.9. The maximum absolute atomic E-state index is 14.9. The molecule has 1 amide bonds. The number of nitrogens with zero attached hydrogens (tertiary/aromatic N) is 2. The predicted octanol–water partition coefficient (Wildman–Crippen LogP) is 7.10. The normalized spacial score (nSPS) is 15.5. The highest BCUT2D eigenvalue weighted by Crippen LogP contribution is 2.35. The molecule has 1 N–H and O–H groups in total. The van der Waals surface area contributed by atoms with Gasteiger partial charge in [0.2, 0.25) is 0 Å². The van der Waals surface area contributed by atoms with E-state index in [4.69, 9.17) is 5.26 Å². The number of rotatable bonds is 5. The van der Waals surface area contributed by atoms with Gasteiger partial charge in [0.05, 0.1) is 23.4 Å². The van der Waals surface area contributed by atoms with Crippen molar-refractivity contribution in [2.45, 2.75) is 23.5 Å². The summed E-state index contributed by atoms with van der Waals surface area (Å²) in [5.74, 6) is -1.57. The van der Waals surface area contributed by atoms with Gasteiger partial charge in [-0.3, -0.25) is 9.79 Å². The Kier molecular flexibility index (Phi) is 7.27. The van der Waals surface area contributed by atoms with Crippen molar-refractivity contribution in [3.8, 4) is 17.2 Å². The molecule has 0 aromatic heterocycles. The Labute approximate surface area is 209 Å². The lowest BCUT2D eigenvalue weighted by atomic mass is 9.93. The summed E-state index contributed by atoms with van der Waals surface area (Å²) in [6, 6.07) is 18.7. The molecule has 1 atom stereocenters. The predicted molar refractivity (Wildman–Crippen MR) is 132 cm³/mol. The molecule has 4 nitrogen and oxygen atoms in total. The van der Waals surface area contributed by atoms with E-state index in [9.17, 15) is 22.4 Å². The maximum atomic E-state index is 14.9. The van der Waals surface area contributed by atoms with Crippen molar-refractivity contribution in [2.24, 2.45) is 4.99 Å². The highest BCUT2D eigenvalue weighted by Gasteiger charge is 2.38. The van der Waals surface area contributed by atoms with Crippen LogP contribution in [0.3, 0.4) is 0 Å². The second-order valence-electron chi connectivity index (χ2n) is 7.99. The van der Waals surface area contributed by atoms with Crippen molar-refractivity contribution in [2.75, 3.05) is 11.6 Å². The highest BCUT2D eigenvalue weighted by molar-refractivity contribution is 7.98. The quantitative estimate of drug-likeness (QED) is 0.295. The zero-order valence-electron chi connectivity index (χ0n) is 18.9. The van der Waals surface area contributed by atoms with E-state index < -0.39 is 29.7 Å². The third-order valence-electron chi connectivity index (χ3n) is 5.64. The number of hydrogen-bond acceptors (Lipinski definition) is 4. The lowest BCUT2D eigenvalue weighted by molar-refractivity contribution is -0.113. The second kappa shape index (κ2) is 10.4. The minimum absolute atomic E-state index is 0.138. The zero-order valence-corrected chi connectivity index (χ0v) is 19.8. The number of nitriles is 1. The molecule has 0 fully saturated rings. The summed E-state index contributed by atoms with van der Waals surface area (Å²) >= 11 is 1.51. The number of anilines is 1. The van der Waals surface area contributed by atoms with E-state index in [0.717, 1.165) is 10.5 Å². The first-order valence-electron chi connectivity index (χ1n) is 10.8. The lowest BCUT2D eigenvalue weighted by Gasteiger charge is -2.22. The molecule has 0 saturated carbocycles. The fraction of sp³-hybridized carbons (Fsp3) is 0.148. The molecule has 0 saturated heterocycles. The van der Waals surface area contributed by atoms with Crippen LogP contribution in [0.5, 0.6) is 0 Å². The Morgan fingerprint density at radius 3 is 2.58 bits per heavy atom. The minimum Gasteiger partial charge on any atom is -0.320 e. The van der Waals surface area contributed by atoms with E-state index >= 15 is 0 Å². The molecule has 3 aromatic carbocycles. The fourth-order valence-corrected chi connectivity index (χ4v) is 4.49. The van der Waals surface area contributed by atoms with Crippen LogP contribution in [0.15, 0.2) is 88.3 Å². The van der Waals surface area contributed by atoms with E-state index in [1.165, 1.54) is 36.0 Å². The molecule has 182 valence electrons. The van der Waals surface area contributed by atoms with Gasteiger partial charge in [0.1, 0.15) is 11.5 Å². The third kappa shape index (κ3) is 5.50. The number of hydrogen-bond donors (Lipinski definition) is 1. The van der Waals surface area contributed by atoms with Crippen LogP contribution in [0.25, 0.3) is 11.1 Å². The first kappa shape index (κ1) is 25.2. The molecule has 1 heterocycles. The largest absolute Gasteiger partial charge is 0.432 e. The summed E-state index contributed by atoms with van der Waals surface area (Å²) in [5, 5.41) is 11.5. The Morgan fingerprint density at radius 1 is 1.11 bits per heavy atom. The summed E-state index contributed by atoms with van der Waals surface area (Å²) in [6.07, 6.45) is -2.33. The summed E-state index contributed by atoms with van der Waals surface area (Å²) in [4.78, 5) is 17.6. The monoisotopic (exact) mass is 509 g/mol. The van der Waals surface area contributed by atoms with Crippen LogP contribution in [0.4, 0.5) is 23.2 Å². The second-order valence-corrected chi connectivity index (χ2v) is 8.84. The summed E-state index contributed by atoms with van der Waals surface area (Å²) in [7, 11) is 0. The van der Waals surface area contributed by atoms with Crippen LogP contribution in [0.2, 0.25) is 0 Å². The number of thioether (sulfide) groups is 1. The van der Waals surface area contributed by atoms with Gasteiger partial charge in [-0.05, 0) is 59.4 Å². The maximum Gasteiger partial charge on any atom is 0.432 e. The van der Waals surface area contributed by atoms with Gasteiger partial charge in [-0.25, -0.2) is 4.39 Å². The van der Waals surface area contributed by atoms with E-state index in [0.29, 0.717) is 17.2 Å². The molecule has 0 bridgehead atoms. The fourth-order valence-electron chi connectivity index (χ4n) is 3.87. The molecule has 1 aliphatic heterocycles. The van der Waals surface area contributed by atoms with Gasteiger partial charge in [-0.1, -0.05) is 36.4 Å². The Hall–Kier alpha value is -3.90. The molecule has 4 rings (SSSR count). The topological polar surface area (TPSA) is 65.2 Å². The number of dihydropyridines is 1. The van der Waals surface area contributed by atoms with Crippen molar-refractivity contribution in [3.05, 3.63) is 95.3 Å². The molecule has 1 aliphatic rings. The number of alkyl halides is 3. The van der Waals surface area contributed by atoms with Gasteiger partial charge in [0.25, 0.3) is 5.91 Å². The van der Waals surface area contributed by atoms with Gasteiger partial charge in [-0.15, -0.1) is 11.8 Å². The van der Waals surface area contributed by atoms with Gasteiger partial charge in [0.15, 0.2) is 0 Å². The van der Waals surface area contributed by atoms with E-state index in [-0.39, 0.29) is 23.2 Å². The van der Waals surface area contributed by atoms with Gasteiger partial charge < -0.3 is 5.32 Å². The number of halogens is 4. The minimum atomic E-state index is -4.78. The molecule has 36 heavy (non-hydrogen) atoms. The van der Waals surface area contributed by atoms with Crippen LogP contribution in [-0.4, -0.2) is 24.1 Å². The Balaban J connectivity index is 1.61. The first-order chi connectivity index (χ1) is 17.2. The first-order valence-corrected chi connectivity index (χ1v) is 12.0. The number of allylic oxidation sites excluding steroid dienone is 1. The molecular weight excluding hydrogens is 490 g/mol. The van der Waals surface area contributed by atoms with Crippen LogP contribution in [0.1, 0.15) is 23.6 Å². The number of aliphatic imine (C=N–C) groups is 1. The van der Waals surface area contributed by atoms with Crippen molar-refractivity contribution in [1.82, 2.24) is 0 Å². The third-order valence-corrected chi connectivity index (χ3v) is 6.43. The molecule has 3 aromatic rings. The van der Waals surface area contributed by atoms with Crippen molar-refractivity contribution >= 4 is 29.1 Å². The summed E-state index contributed by atoms with van der Waals surface area (Å²) in [5.41, 5.74) is 0.516. The van der Waals surface area contributed by atoms with Crippen LogP contribution < -0.4 is 5.32 Å². The summed E-state index contributed by atoms with van der Waals surface area (Å²) in [6.45, 7) is 0. The average molecular weight is 510 g/mol. The molecule has 0 spiro atoms. The molecular formula is C27H19F4N3OS. The number of nitrogens with one attached hydrogen (secondary N) is 1. The number of amides is 1. The molecule has 0 radical (unpaired) electrons. The molecule has 9 heteroatoms.